The molecule has 9 heavy (non-hydrogen) atoms. The van der Waals surface area contributed by atoms with E-state index in [0.717, 1.165) is 0 Å². The fraction of sp³-hybridized carbons (Fsp3) is 0.800. The summed E-state index contributed by atoms with van der Waals surface area (Å²) in [6, 6.07) is -0.824. The van der Waals surface area contributed by atoms with Crippen LogP contribution in [0, 0.1) is 5.92 Å². The molecule has 0 fully saturated rings. The third-order valence-electron chi connectivity index (χ3n) is 0.990. The van der Waals surface area contributed by atoms with Gasteiger partial charge in [-0.05, 0) is 5.92 Å². The maximum absolute atomic E-state index is 9.90. The summed E-state index contributed by atoms with van der Waals surface area (Å²) in [5.41, 5.74) is 5.10. The minimum atomic E-state index is -1.18. The van der Waals surface area contributed by atoms with Gasteiger partial charge in [-0.25, -0.2) is 0 Å². The molecule has 0 spiro atoms. The Bertz CT molecular complexity index is 95.0. The minimum Gasteiger partial charge on any atom is -0.548 e. The van der Waals surface area contributed by atoms with Crippen LogP contribution < -0.4 is 40.4 Å². The Kier molecular flexibility index (Phi) is 7.06. The van der Waals surface area contributed by atoms with Crippen molar-refractivity contribution in [3.63, 3.8) is 0 Å². The van der Waals surface area contributed by atoms with Crippen LogP contribution in [-0.2, 0) is 4.79 Å². The molecule has 0 saturated carbocycles. The molecule has 48 valence electrons. The first-order valence-corrected chi connectivity index (χ1v) is 2.52. The fourth-order valence-electron chi connectivity index (χ4n) is 0.272. The zero-order valence-electron chi connectivity index (χ0n) is 6.05. The number of carboxylic acid groups (broad SMARTS) is 1. The van der Waals surface area contributed by atoms with E-state index in [1.54, 1.807) is 13.8 Å². The third kappa shape index (κ3) is 4.90. The molecule has 0 aromatic heterocycles. The molecule has 0 aromatic rings. The summed E-state index contributed by atoms with van der Waals surface area (Å²) in [6.45, 7) is 3.47. The normalized spacial score (nSPS) is 12.4. The largest absolute Gasteiger partial charge is 1.00 e. The van der Waals surface area contributed by atoms with Gasteiger partial charge in [0.05, 0.1) is 5.97 Å². The van der Waals surface area contributed by atoms with Crippen LogP contribution in [0.2, 0.25) is 0 Å². The Morgan fingerprint density at radius 3 is 1.89 bits per heavy atom. The van der Waals surface area contributed by atoms with Crippen LogP contribution in [0.15, 0.2) is 0 Å². The van der Waals surface area contributed by atoms with Crippen molar-refractivity contribution in [3.05, 3.63) is 0 Å². The SMILES string of the molecule is CC(C)C(N)C(=O)[O-].[Na+]. The Balaban J connectivity index is 0. The van der Waals surface area contributed by atoms with Crippen LogP contribution in [0.4, 0.5) is 0 Å². The summed E-state index contributed by atoms with van der Waals surface area (Å²) in [4.78, 5) is 9.90. The van der Waals surface area contributed by atoms with Gasteiger partial charge in [0.25, 0.3) is 0 Å². The first-order chi connectivity index (χ1) is 3.55. The number of nitrogens with two attached hydrogens (primary N) is 1. The molecular weight excluding hydrogens is 129 g/mol. The molecule has 0 aliphatic rings. The van der Waals surface area contributed by atoms with Crippen molar-refractivity contribution in [1.82, 2.24) is 0 Å². The second kappa shape index (κ2) is 5.23. The van der Waals surface area contributed by atoms with Gasteiger partial charge in [-0.15, -0.1) is 0 Å². The Hall–Kier alpha value is 0.430. The van der Waals surface area contributed by atoms with E-state index in [0.29, 0.717) is 0 Å². The summed E-state index contributed by atoms with van der Waals surface area (Å²) in [5, 5.41) is 9.90. The molecule has 0 heterocycles. The van der Waals surface area contributed by atoms with Crippen molar-refractivity contribution < 1.29 is 39.5 Å². The molecule has 1 atom stereocenters. The van der Waals surface area contributed by atoms with E-state index in [-0.39, 0.29) is 35.5 Å². The van der Waals surface area contributed by atoms with Crippen LogP contribution >= 0.6 is 0 Å². The standard InChI is InChI=1S/C5H11NO2.Na/c1-3(2)4(6)5(7)8;/h3-4H,6H2,1-2H3,(H,7,8);/q;+1/p-1. The first-order valence-electron chi connectivity index (χ1n) is 2.52. The molecule has 0 amide bonds. The van der Waals surface area contributed by atoms with Crippen molar-refractivity contribution in [3.8, 4) is 0 Å². The molecule has 0 aromatic carbocycles. The van der Waals surface area contributed by atoms with E-state index in [2.05, 4.69) is 0 Å². The maximum Gasteiger partial charge on any atom is 1.00 e. The summed E-state index contributed by atoms with van der Waals surface area (Å²) in [6.07, 6.45) is 0. The van der Waals surface area contributed by atoms with E-state index in [9.17, 15) is 9.90 Å². The first kappa shape index (κ1) is 12.1. The minimum absolute atomic E-state index is 0. The van der Waals surface area contributed by atoms with Crippen LogP contribution in [0.3, 0.4) is 0 Å². The zero-order valence-corrected chi connectivity index (χ0v) is 8.05. The molecule has 0 aliphatic heterocycles. The van der Waals surface area contributed by atoms with Gasteiger partial charge in [-0.3, -0.25) is 0 Å². The molecule has 0 rings (SSSR count). The fourth-order valence-corrected chi connectivity index (χ4v) is 0.272. The number of rotatable bonds is 2. The summed E-state index contributed by atoms with van der Waals surface area (Å²) < 4.78 is 0. The summed E-state index contributed by atoms with van der Waals surface area (Å²) in [7, 11) is 0. The molecule has 0 radical (unpaired) electrons. The van der Waals surface area contributed by atoms with Gasteiger partial charge in [-0.1, -0.05) is 13.8 Å². The second-order valence-electron chi connectivity index (χ2n) is 2.09. The van der Waals surface area contributed by atoms with Crippen molar-refractivity contribution in [2.45, 2.75) is 19.9 Å². The molecule has 0 bridgehead atoms. The third-order valence-corrected chi connectivity index (χ3v) is 0.990. The predicted octanol–water partition coefficient (Wildman–Crippen LogP) is -4.28. The van der Waals surface area contributed by atoms with Gasteiger partial charge in [0.2, 0.25) is 0 Å². The molecular formula is C5H10NNaO2. The van der Waals surface area contributed by atoms with Crippen molar-refractivity contribution in [2.75, 3.05) is 0 Å². The van der Waals surface area contributed by atoms with Crippen LogP contribution in [0.1, 0.15) is 13.8 Å². The average molecular weight is 139 g/mol. The number of carbonyl (C=O) groups excluding carboxylic acids is 1. The monoisotopic (exact) mass is 139 g/mol. The maximum atomic E-state index is 9.90. The van der Waals surface area contributed by atoms with Crippen molar-refractivity contribution in [2.24, 2.45) is 11.7 Å². The number of hydrogen-bond acceptors (Lipinski definition) is 3. The summed E-state index contributed by atoms with van der Waals surface area (Å²) in [5.74, 6) is -1.22. The molecule has 1 unspecified atom stereocenters. The number of carbonyl (C=O) groups is 1. The average Bonchev–Trinajstić information content (AvgIpc) is 1.64. The van der Waals surface area contributed by atoms with Crippen LogP contribution in [0.5, 0.6) is 0 Å². The number of carboxylic acids is 1. The van der Waals surface area contributed by atoms with E-state index >= 15 is 0 Å². The number of aliphatic carboxylic acids is 1. The van der Waals surface area contributed by atoms with Crippen LogP contribution in [0.25, 0.3) is 0 Å². The van der Waals surface area contributed by atoms with Crippen LogP contribution in [-0.4, -0.2) is 12.0 Å². The van der Waals surface area contributed by atoms with Gasteiger partial charge in [-0.2, -0.15) is 0 Å². The molecule has 2 N–H and O–H groups in total. The Morgan fingerprint density at radius 1 is 1.56 bits per heavy atom. The quantitative estimate of drug-likeness (QED) is 0.394. The molecule has 0 saturated heterocycles. The second-order valence-corrected chi connectivity index (χ2v) is 2.09. The van der Waals surface area contributed by atoms with Gasteiger partial charge < -0.3 is 15.6 Å². The van der Waals surface area contributed by atoms with Gasteiger partial charge >= 0.3 is 29.6 Å². The van der Waals surface area contributed by atoms with Crippen molar-refractivity contribution >= 4 is 5.97 Å². The van der Waals surface area contributed by atoms with Gasteiger partial charge in [0, 0.05) is 6.04 Å². The van der Waals surface area contributed by atoms with E-state index in [1.165, 1.54) is 0 Å². The molecule has 3 nitrogen and oxygen atoms in total. The molecule has 0 aliphatic carbocycles. The Labute approximate surface area is 76.9 Å². The molecule has 4 heteroatoms. The summed E-state index contributed by atoms with van der Waals surface area (Å²) >= 11 is 0. The number of hydrogen-bond donors (Lipinski definition) is 1. The van der Waals surface area contributed by atoms with E-state index < -0.39 is 12.0 Å². The predicted molar refractivity (Wildman–Crippen MR) is 27.8 cm³/mol. The Morgan fingerprint density at radius 2 is 1.89 bits per heavy atom. The van der Waals surface area contributed by atoms with Crippen molar-refractivity contribution in [1.29, 1.82) is 0 Å². The van der Waals surface area contributed by atoms with Gasteiger partial charge in [0.15, 0.2) is 0 Å². The zero-order chi connectivity index (χ0) is 6.73. The van der Waals surface area contributed by atoms with Gasteiger partial charge in [0.1, 0.15) is 0 Å². The van der Waals surface area contributed by atoms with E-state index in [1.807, 2.05) is 0 Å². The van der Waals surface area contributed by atoms with E-state index in [4.69, 9.17) is 5.73 Å². The smallest absolute Gasteiger partial charge is 0.548 e. The topological polar surface area (TPSA) is 66.2 Å².